The Morgan fingerprint density at radius 3 is 2.73 bits per heavy atom. The van der Waals surface area contributed by atoms with E-state index in [0.717, 1.165) is 28.0 Å². The van der Waals surface area contributed by atoms with Gasteiger partial charge in [0, 0.05) is 11.9 Å². The number of benzene rings is 1. The number of aromatic nitrogens is 5. The second-order valence-electron chi connectivity index (χ2n) is 4.41. The molecule has 0 spiro atoms. The van der Waals surface area contributed by atoms with Crippen molar-refractivity contribution >= 4 is 11.8 Å². The lowest BCUT2D eigenvalue weighted by Gasteiger charge is -2.06. The number of hydrogen-bond acceptors (Lipinski definition) is 6. The normalized spacial score (nSPS) is 10.6. The molecule has 0 bridgehead atoms. The average molecular weight is 313 g/mol. The molecule has 0 aliphatic carbocycles. The number of rotatable bonds is 6. The monoisotopic (exact) mass is 313 g/mol. The third-order valence-electron chi connectivity index (χ3n) is 2.91. The summed E-state index contributed by atoms with van der Waals surface area (Å²) in [5.41, 5.74) is 1.89. The highest BCUT2D eigenvalue weighted by Gasteiger charge is 2.09. The molecule has 0 N–H and O–H groups in total. The van der Waals surface area contributed by atoms with Crippen LogP contribution in [0, 0.1) is 0 Å². The summed E-state index contributed by atoms with van der Waals surface area (Å²) >= 11 is 1.55. The van der Waals surface area contributed by atoms with Crippen molar-refractivity contribution in [3.63, 3.8) is 0 Å². The molecule has 0 atom stereocenters. The van der Waals surface area contributed by atoms with Gasteiger partial charge in [-0.05, 0) is 53.7 Å². The zero-order valence-corrected chi connectivity index (χ0v) is 12.9. The Labute approximate surface area is 132 Å². The minimum absolute atomic E-state index is 0.648. The second-order valence-corrected chi connectivity index (χ2v) is 5.35. The van der Waals surface area contributed by atoms with Gasteiger partial charge in [-0.2, -0.15) is 4.68 Å². The van der Waals surface area contributed by atoms with E-state index < -0.39 is 0 Å². The Morgan fingerprint density at radius 2 is 2.00 bits per heavy atom. The summed E-state index contributed by atoms with van der Waals surface area (Å²) in [4.78, 5) is 4.30. The Kier molecular flexibility index (Phi) is 4.65. The molecule has 0 radical (unpaired) electrons. The Bertz CT molecular complexity index is 714. The molecule has 22 heavy (non-hydrogen) atoms. The molecule has 0 fully saturated rings. The van der Waals surface area contributed by atoms with Crippen molar-refractivity contribution < 1.29 is 4.74 Å². The van der Waals surface area contributed by atoms with E-state index >= 15 is 0 Å². The molecular formula is C15H15N5OS. The van der Waals surface area contributed by atoms with E-state index in [2.05, 4.69) is 20.5 Å². The van der Waals surface area contributed by atoms with Gasteiger partial charge < -0.3 is 4.74 Å². The molecule has 3 rings (SSSR count). The van der Waals surface area contributed by atoms with Gasteiger partial charge in [0.1, 0.15) is 5.75 Å². The minimum Gasteiger partial charge on any atom is -0.494 e. The van der Waals surface area contributed by atoms with Crippen molar-refractivity contribution in [3.05, 3.63) is 54.4 Å². The quantitative estimate of drug-likeness (QED) is 0.652. The molecule has 112 valence electrons. The fourth-order valence-electron chi connectivity index (χ4n) is 1.90. The van der Waals surface area contributed by atoms with E-state index in [1.165, 1.54) is 0 Å². The smallest absolute Gasteiger partial charge is 0.214 e. The fraction of sp³-hybridized carbons (Fsp3) is 0.200. The maximum Gasteiger partial charge on any atom is 0.214 e. The molecular weight excluding hydrogens is 298 g/mol. The number of nitrogens with zero attached hydrogens (tertiary/aromatic N) is 5. The molecule has 7 heteroatoms. The van der Waals surface area contributed by atoms with Gasteiger partial charge in [-0.1, -0.05) is 17.8 Å². The molecule has 0 unspecified atom stereocenters. The van der Waals surface area contributed by atoms with E-state index in [1.807, 2.05) is 49.4 Å². The van der Waals surface area contributed by atoms with Gasteiger partial charge in [-0.15, -0.1) is 5.10 Å². The highest BCUT2D eigenvalue weighted by molar-refractivity contribution is 7.98. The largest absolute Gasteiger partial charge is 0.494 e. The number of pyridine rings is 1. The van der Waals surface area contributed by atoms with E-state index in [9.17, 15) is 0 Å². The first-order valence-corrected chi connectivity index (χ1v) is 7.89. The van der Waals surface area contributed by atoms with Crippen LogP contribution in [0.2, 0.25) is 0 Å². The predicted octanol–water partition coefficient (Wildman–Crippen LogP) is 2.75. The lowest BCUT2D eigenvalue weighted by molar-refractivity contribution is 0.340. The van der Waals surface area contributed by atoms with Crippen molar-refractivity contribution in [1.82, 2.24) is 25.2 Å². The van der Waals surface area contributed by atoms with Gasteiger partial charge in [0.25, 0.3) is 0 Å². The molecule has 3 aromatic rings. The molecule has 0 saturated carbocycles. The Morgan fingerprint density at radius 1 is 1.14 bits per heavy atom. The Hall–Kier alpha value is -2.41. The maximum atomic E-state index is 5.44. The first kappa shape index (κ1) is 14.5. The molecule has 0 saturated heterocycles. The lowest BCUT2D eigenvalue weighted by Crippen LogP contribution is -2.00. The summed E-state index contributed by atoms with van der Waals surface area (Å²) in [5.74, 6) is 1.56. The Balaban J connectivity index is 1.74. The van der Waals surface area contributed by atoms with E-state index in [4.69, 9.17) is 4.74 Å². The molecule has 2 heterocycles. The molecule has 0 amide bonds. The lowest BCUT2D eigenvalue weighted by atomic mass is 10.3. The maximum absolute atomic E-state index is 5.44. The summed E-state index contributed by atoms with van der Waals surface area (Å²) in [6, 6.07) is 13.5. The summed E-state index contributed by atoms with van der Waals surface area (Å²) in [7, 11) is 0. The third-order valence-corrected chi connectivity index (χ3v) is 3.86. The number of tetrazole rings is 1. The van der Waals surface area contributed by atoms with Gasteiger partial charge in [0.2, 0.25) is 5.16 Å². The highest BCUT2D eigenvalue weighted by Crippen LogP contribution is 2.22. The van der Waals surface area contributed by atoms with Crippen LogP contribution in [-0.4, -0.2) is 31.8 Å². The average Bonchev–Trinajstić information content (AvgIpc) is 3.03. The minimum atomic E-state index is 0.648. The zero-order valence-electron chi connectivity index (χ0n) is 12.1. The number of hydrogen-bond donors (Lipinski definition) is 0. The van der Waals surface area contributed by atoms with Gasteiger partial charge in [-0.25, -0.2) is 0 Å². The standard InChI is InChI=1S/C15H15N5OS/c1-2-21-14-8-6-13(7-9-14)20-15(17-18-19-20)22-11-12-5-3-4-10-16-12/h3-10H,2,11H2,1H3. The number of thioether (sulfide) groups is 1. The van der Waals surface area contributed by atoms with Crippen molar-refractivity contribution in [3.8, 4) is 11.4 Å². The van der Waals surface area contributed by atoms with Crippen LogP contribution in [0.5, 0.6) is 5.75 Å². The first-order chi connectivity index (χ1) is 10.9. The van der Waals surface area contributed by atoms with Crippen LogP contribution < -0.4 is 4.74 Å². The van der Waals surface area contributed by atoms with Crippen LogP contribution in [0.4, 0.5) is 0 Å². The van der Waals surface area contributed by atoms with Crippen LogP contribution in [-0.2, 0) is 5.75 Å². The van der Waals surface area contributed by atoms with Crippen molar-refractivity contribution in [2.24, 2.45) is 0 Å². The van der Waals surface area contributed by atoms with Gasteiger partial charge in [-0.3, -0.25) is 4.98 Å². The number of ether oxygens (including phenoxy) is 1. The van der Waals surface area contributed by atoms with Crippen LogP contribution in [0.25, 0.3) is 5.69 Å². The van der Waals surface area contributed by atoms with Gasteiger partial charge in [0.15, 0.2) is 0 Å². The molecule has 0 aliphatic heterocycles. The van der Waals surface area contributed by atoms with Gasteiger partial charge in [0.05, 0.1) is 18.0 Å². The van der Waals surface area contributed by atoms with Gasteiger partial charge >= 0.3 is 0 Å². The highest BCUT2D eigenvalue weighted by atomic mass is 32.2. The van der Waals surface area contributed by atoms with Crippen LogP contribution >= 0.6 is 11.8 Å². The summed E-state index contributed by atoms with van der Waals surface area (Å²) in [6.45, 7) is 2.61. The summed E-state index contributed by atoms with van der Waals surface area (Å²) in [6.07, 6.45) is 1.78. The molecule has 0 aliphatic rings. The summed E-state index contributed by atoms with van der Waals surface area (Å²) < 4.78 is 7.15. The molecule has 1 aromatic carbocycles. The SMILES string of the molecule is CCOc1ccc(-n2nnnc2SCc2ccccn2)cc1. The molecule has 2 aromatic heterocycles. The van der Waals surface area contributed by atoms with Crippen molar-refractivity contribution in [2.75, 3.05) is 6.61 Å². The van der Waals surface area contributed by atoms with E-state index in [0.29, 0.717) is 6.61 Å². The van der Waals surface area contributed by atoms with Crippen LogP contribution in [0.15, 0.2) is 53.8 Å². The summed E-state index contributed by atoms with van der Waals surface area (Å²) in [5, 5.41) is 12.6. The van der Waals surface area contributed by atoms with Crippen LogP contribution in [0.3, 0.4) is 0 Å². The third kappa shape index (κ3) is 3.43. The van der Waals surface area contributed by atoms with Crippen molar-refractivity contribution in [2.45, 2.75) is 17.8 Å². The fourth-order valence-corrected chi connectivity index (χ4v) is 2.71. The van der Waals surface area contributed by atoms with Crippen LogP contribution in [0.1, 0.15) is 12.6 Å². The topological polar surface area (TPSA) is 65.7 Å². The second kappa shape index (κ2) is 7.04. The molecule has 6 nitrogen and oxygen atoms in total. The van der Waals surface area contributed by atoms with E-state index in [1.54, 1.807) is 22.6 Å². The predicted molar refractivity (Wildman–Crippen MR) is 84.1 cm³/mol. The zero-order chi connectivity index (χ0) is 15.2. The van der Waals surface area contributed by atoms with E-state index in [-0.39, 0.29) is 0 Å². The first-order valence-electron chi connectivity index (χ1n) is 6.91. The van der Waals surface area contributed by atoms with Crippen molar-refractivity contribution in [1.29, 1.82) is 0 Å².